The molecule has 2 heterocycles. The summed E-state index contributed by atoms with van der Waals surface area (Å²) in [4.78, 5) is 12.3. The fraction of sp³-hybridized carbons (Fsp3) is 0.125. The monoisotopic (exact) mass is 363 g/mol. The number of thiophene rings is 1. The predicted octanol–water partition coefficient (Wildman–Crippen LogP) is 0.0897. The molecule has 0 aliphatic heterocycles. The SMILES string of the molecule is Cc1c2sccc2cc[n+]1CC(=O)c1ccc(O)cc1.[Br-]. The summed E-state index contributed by atoms with van der Waals surface area (Å²) in [6.45, 7) is 2.34. The van der Waals surface area contributed by atoms with Crippen molar-refractivity contribution in [2.24, 2.45) is 0 Å². The minimum absolute atomic E-state index is 0. The number of phenolic OH excluding ortho intramolecular Hbond substituents is 1. The van der Waals surface area contributed by atoms with Gasteiger partial charge in [0.25, 0.3) is 0 Å². The number of phenols is 1. The van der Waals surface area contributed by atoms with Gasteiger partial charge in [-0.15, -0.1) is 11.3 Å². The molecule has 0 aliphatic carbocycles. The second-order valence-electron chi connectivity index (χ2n) is 4.70. The number of aryl methyl sites for hydroxylation is 1. The van der Waals surface area contributed by atoms with Crippen LogP contribution in [0.1, 0.15) is 16.1 Å². The molecule has 5 heteroatoms. The van der Waals surface area contributed by atoms with E-state index in [1.54, 1.807) is 23.5 Å². The van der Waals surface area contributed by atoms with Crippen molar-refractivity contribution in [2.45, 2.75) is 13.5 Å². The summed E-state index contributed by atoms with van der Waals surface area (Å²) < 4.78 is 3.18. The standard InChI is InChI=1S/C16H13NO2S.BrH/c1-11-16-13(7-9-20-16)6-8-17(11)10-15(19)12-2-4-14(18)5-3-12;/h2-9H,10H2,1H3;1H. The Bertz CT molecular complexity index is 781. The predicted molar refractivity (Wildman–Crippen MR) is 79.2 cm³/mol. The van der Waals surface area contributed by atoms with Crippen molar-refractivity contribution in [3.63, 3.8) is 0 Å². The van der Waals surface area contributed by atoms with Gasteiger partial charge in [0.05, 0.1) is 0 Å². The van der Waals surface area contributed by atoms with E-state index in [4.69, 9.17) is 0 Å². The van der Waals surface area contributed by atoms with E-state index in [0.29, 0.717) is 12.1 Å². The number of ketones is 1. The molecule has 0 amide bonds. The van der Waals surface area contributed by atoms with Crippen LogP contribution in [0, 0.1) is 6.92 Å². The molecule has 1 aromatic carbocycles. The van der Waals surface area contributed by atoms with Crippen LogP contribution in [0.3, 0.4) is 0 Å². The summed E-state index contributed by atoms with van der Waals surface area (Å²) in [5, 5.41) is 12.5. The first-order chi connectivity index (χ1) is 9.65. The molecule has 0 saturated carbocycles. The molecular weight excluding hydrogens is 350 g/mol. The minimum atomic E-state index is 0. The van der Waals surface area contributed by atoms with Gasteiger partial charge in [0.15, 0.2) is 11.9 Å². The molecule has 108 valence electrons. The first-order valence-electron chi connectivity index (χ1n) is 6.33. The van der Waals surface area contributed by atoms with Crippen LogP contribution in [0.4, 0.5) is 0 Å². The molecule has 0 atom stereocenters. The van der Waals surface area contributed by atoms with Gasteiger partial charge in [-0.2, -0.15) is 4.57 Å². The Morgan fingerprint density at radius 1 is 1.19 bits per heavy atom. The van der Waals surface area contributed by atoms with E-state index in [2.05, 4.69) is 11.4 Å². The van der Waals surface area contributed by atoms with Crippen LogP contribution in [-0.4, -0.2) is 10.9 Å². The second kappa shape index (κ2) is 6.37. The van der Waals surface area contributed by atoms with E-state index in [1.165, 1.54) is 22.2 Å². The fourth-order valence-corrected chi connectivity index (χ4v) is 3.13. The van der Waals surface area contributed by atoms with Gasteiger partial charge in [0, 0.05) is 23.9 Å². The summed E-state index contributed by atoms with van der Waals surface area (Å²) in [6.07, 6.45) is 1.95. The maximum atomic E-state index is 12.3. The van der Waals surface area contributed by atoms with Gasteiger partial charge >= 0.3 is 0 Å². The number of aromatic nitrogens is 1. The second-order valence-corrected chi connectivity index (χ2v) is 5.62. The van der Waals surface area contributed by atoms with E-state index >= 15 is 0 Å². The first-order valence-corrected chi connectivity index (χ1v) is 7.21. The van der Waals surface area contributed by atoms with E-state index < -0.39 is 0 Å². The van der Waals surface area contributed by atoms with Crippen molar-refractivity contribution in [3.05, 3.63) is 59.2 Å². The lowest BCUT2D eigenvalue weighted by atomic mass is 10.1. The summed E-state index contributed by atoms with van der Waals surface area (Å²) >= 11 is 1.69. The Hall–Kier alpha value is -1.72. The Balaban J connectivity index is 0.00000161. The molecule has 0 spiro atoms. The van der Waals surface area contributed by atoms with Crippen LogP contribution in [0.25, 0.3) is 10.1 Å². The maximum Gasteiger partial charge on any atom is 0.227 e. The van der Waals surface area contributed by atoms with Crippen molar-refractivity contribution < 1.29 is 31.4 Å². The number of carbonyl (C=O) groups excluding carboxylic acids is 1. The molecule has 21 heavy (non-hydrogen) atoms. The van der Waals surface area contributed by atoms with E-state index in [0.717, 1.165) is 5.69 Å². The van der Waals surface area contributed by atoms with Crippen molar-refractivity contribution in [2.75, 3.05) is 0 Å². The average molecular weight is 364 g/mol. The Kier molecular flexibility index (Phi) is 4.75. The normalized spacial score (nSPS) is 10.3. The number of benzene rings is 1. The van der Waals surface area contributed by atoms with Gasteiger partial charge in [0.2, 0.25) is 12.3 Å². The summed E-state index contributed by atoms with van der Waals surface area (Å²) in [6, 6.07) is 10.5. The number of aromatic hydroxyl groups is 1. The third-order valence-electron chi connectivity index (χ3n) is 3.39. The van der Waals surface area contributed by atoms with Crippen LogP contribution in [0.5, 0.6) is 5.75 Å². The molecule has 0 unspecified atom stereocenters. The van der Waals surface area contributed by atoms with Gasteiger partial charge in [0.1, 0.15) is 10.4 Å². The summed E-state index contributed by atoms with van der Waals surface area (Å²) in [5.41, 5.74) is 1.71. The zero-order valence-electron chi connectivity index (χ0n) is 11.4. The molecule has 3 rings (SSSR count). The van der Waals surface area contributed by atoms with Gasteiger partial charge in [-0.05, 0) is 35.7 Å². The smallest absolute Gasteiger partial charge is 0.227 e. The minimum Gasteiger partial charge on any atom is -1.00 e. The number of hydrogen-bond donors (Lipinski definition) is 1. The number of hydrogen-bond acceptors (Lipinski definition) is 3. The molecule has 0 saturated heterocycles. The van der Waals surface area contributed by atoms with Crippen molar-refractivity contribution >= 4 is 27.2 Å². The van der Waals surface area contributed by atoms with Gasteiger partial charge in [-0.3, -0.25) is 4.79 Å². The summed E-state index contributed by atoms with van der Waals surface area (Å²) in [5.74, 6) is 0.208. The highest BCUT2D eigenvalue weighted by molar-refractivity contribution is 7.17. The summed E-state index contributed by atoms with van der Waals surface area (Å²) in [7, 11) is 0. The van der Waals surface area contributed by atoms with Crippen molar-refractivity contribution in [3.8, 4) is 5.75 Å². The highest BCUT2D eigenvalue weighted by atomic mass is 79.9. The lowest BCUT2D eigenvalue weighted by Gasteiger charge is -2.02. The number of pyridine rings is 1. The highest BCUT2D eigenvalue weighted by Gasteiger charge is 2.17. The van der Waals surface area contributed by atoms with Crippen LogP contribution >= 0.6 is 11.3 Å². The van der Waals surface area contributed by atoms with Crippen molar-refractivity contribution in [1.29, 1.82) is 0 Å². The number of nitrogens with zero attached hydrogens (tertiary/aromatic N) is 1. The molecule has 0 radical (unpaired) electrons. The number of halogens is 1. The molecule has 1 N–H and O–H groups in total. The highest BCUT2D eigenvalue weighted by Crippen LogP contribution is 2.21. The van der Waals surface area contributed by atoms with Crippen LogP contribution in [-0.2, 0) is 6.54 Å². The van der Waals surface area contributed by atoms with Gasteiger partial charge in [-0.1, -0.05) is 0 Å². The van der Waals surface area contributed by atoms with Gasteiger partial charge < -0.3 is 22.1 Å². The topological polar surface area (TPSA) is 41.2 Å². The number of carbonyl (C=O) groups is 1. The zero-order chi connectivity index (χ0) is 14.1. The molecule has 3 aromatic rings. The van der Waals surface area contributed by atoms with Gasteiger partial charge in [-0.25, -0.2) is 0 Å². The van der Waals surface area contributed by atoms with Crippen LogP contribution in [0.2, 0.25) is 0 Å². The van der Waals surface area contributed by atoms with Crippen LogP contribution in [0.15, 0.2) is 48.0 Å². The van der Waals surface area contributed by atoms with E-state index in [9.17, 15) is 9.90 Å². The maximum absolute atomic E-state index is 12.3. The largest absolute Gasteiger partial charge is 1.00 e. The quantitative estimate of drug-likeness (QED) is 0.529. The number of fused-ring (bicyclic) bond motifs is 1. The van der Waals surface area contributed by atoms with Crippen molar-refractivity contribution in [1.82, 2.24) is 0 Å². The Morgan fingerprint density at radius 3 is 2.62 bits per heavy atom. The lowest BCUT2D eigenvalue weighted by molar-refractivity contribution is -0.687. The number of Topliss-reactive ketones (excluding diaryl/α,β-unsaturated/α-hetero) is 1. The molecule has 2 aromatic heterocycles. The third kappa shape index (κ3) is 3.14. The molecular formula is C16H14BrNO2S. The van der Waals surface area contributed by atoms with E-state index in [1.807, 2.05) is 23.8 Å². The van der Waals surface area contributed by atoms with E-state index in [-0.39, 0.29) is 28.5 Å². The fourth-order valence-electron chi connectivity index (χ4n) is 2.22. The third-order valence-corrected chi connectivity index (χ3v) is 4.43. The molecule has 0 bridgehead atoms. The molecule has 3 nitrogen and oxygen atoms in total. The molecule has 0 fully saturated rings. The average Bonchev–Trinajstić information content (AvgIpc) is 2.92. The Morgan fingerprint density at radius 2 is 1.90 bits per heavy atom. The zero-order valence-corrected chi connectivity index (χ0v) is 13.8. The molecule has 0 aliphatic rings. The Labute approximate surface area is 137 Å². The first kappa shape index (κ1) is 15.7. The lowest BCUT2D eigenvalue weighted by Crippen LogP contribution is -3.00. The number of rotatable bonds is 3. The van der Waals surface area contributed by atoms with Crippen LogP contribution < -0.4 is 21.5 Å².